The maximum Gasteiger partial charge on any atom is 0.337 e. The van der Waals surface area contributed by atoms with Crippen LogP contribution in [-0.4, -0.2) is 41.8 Å². The average Bonchev–Trinajstić information content (AvgIpc) is 2.76. The first kappa shape index (κ1) is 14.3. The van der Waals surface area contributed by atoms with E-state index in [1.807, 2.05) is 6.92 Å². The van der Waals surface area contributed by atoms with E-state index in [9.17, 15) is 9.90 Å². The maximum absolute atomic E-state index is 11.8. The topological polar surface area (TPSA) is 65.0 Å². The molecule has 1 heterocycles. The summed E-state index contributed by atoms with van der Waals surface area (Å²) in [6.07, 6.45) is 5.73. The number of rotatable bonds is 1. The van der Waals surface area contributed by atoms with E-state index in [1.165, 1.54) is 13.5 Å². The second-order valence-corrected chi connectivity index (χ2v) is 6.62. The van der Waals surface area contributed by atoms with Crippen molar-refractivity contribution in [1.82, 2.24) is 0 Å². The quantitative estimate of drug-likeness (QED) is 0.743. The van der Waals surface area contributed by atoms with E-state index in [-0.39, 0.29) is 24.5 Å². The molecule has 0 amide bonds. The summed E-state index contributed by atoms with van der Waals surface area (Å²) in [4.78, 5) is 11.8. The van der Waals surface area contributed by atoms with Crippen molar-refractivity contribution in [2.24, 2.45) is 5.92 Å². The standard InChI is InChI=1S/C15H24O5/c1-10-8-14(17,13(16)18-2)9-11-12(10)20-15(19-11)6-4-3-5-7-15/h10-12,17H,3-9H2,1-2H3/t10-,11?,12?,14?/m1/s1. The van der Waals surface area contributed by atoms with Gasteiger partial charge < -0.3 is 19.3 Å². The monoisotopic (exact) mass is 284 g/mol. The molecule has 3 unspecified atom stereocenters. The number of hydrogen-bond acceptors (Lipinski definition) is 5. The molecule has 1 aliphatic heterocycles. The molecule has 3 rings (SSSR count). The molecule has 0 aromatic heterocycles. The van der Waals surface area contributed by atoms with Crippen LogP contribution in [0.2, 0.25) is 0 Å². The largest absolute Gasteiger partial charge is 0.467 e. The average molecular weight is 284 g/mol. The van der Waals surface area contributed by atoms with Crippen molar-refractivity contribution in [3.05, 3.63) is 0 Å². The Balaban J connectivity index is 1.77. The minimum atomic E-state index is -1.43. The van der Waals surface area contributed by atoms with Gasteiger partial charge in [0.2, 0.25) is 0 Å². The van der Waals surface area contributed by atoms with Gasteiger partial charge in [0.05, 0.1) is 19.3 Å². The minimum absolute atomic E-state index is 0.0157. The molecule has 1 spiro atoms. The lowest BCUT2D eigenvalue weighted by Gasteiger charge is -2.38. The summed E-state index contributed by atoms with van der Waals surface area (Å²) in [5.74, 6) is -0.946. The van der Waals surface area contributed by atoms with E-state index < -0.39 is 17.4 Å². The SMILES string of the molecule is COC(=O)C1(O)CC2OC3(CCCCC3)OC2[C@H](C)C1. The highest BCUT2D eigenvalue weighted by Crippen LogP contribution is 2.48. The van der Waals surface area contributed by atoms with E-state index in [0.29, 0.717) is 6.42 Å². The molecule has 20 heavy (non-hydrogen) atoms. The normalized spacial score (nSPS) is 43.2. The van der Waals surface area contributed by atoms with Crippen molar-refractivity contribution in [3.63, 3.8) is 0 Å². The Bertz CT molecular complexity index is 390. The van der Waals surface area contributed by atoms with Gasteiger partial charge in [-0.2, -0.15) is 0 Å². The molecule has 3 aliphatic rings. The molecule has 0 radical (unpaired) electrons. The molecule has 5 nitrogen and oxygen atoms in total. The van der Waals surface area contributed by atoms with Crippen molar-refractivity contribution >= 4 is 5.97 Å². The van der Waals surface area contributed by atoms with Crippen LogP contribution in [-0.2, 0) is 19.0 Å². The van der Waals surface area contributed by atoms with Gasteiger partial charge in [-0.3, -0.25) is 0 Å². The first-order chi connectivity index (χ1) is 9.48. The van der Waals surface area contributed by atoms with Crippen molar-refractivity contribution < 1.29 is 24.1 Å². The van der Waals surface area contributed by atoms with Crippen LogP contribution in [0.5, 0.6) is 0 Å². The minimum Gasteiger partial charge on any atom is -0.467 e. The lowest BCUT2D eigenvalue weighted by Crippen LogP contribution is -2.52. The third-order valence-electron chi connectivity index (χ3n) is 5.02. The summed E-state index contributed by atoms with van der Waals surface area (Å²) in [6, 6.07) is 0. The Labute approximate surface area is 119 Å². The summed E-state index contributed by atoms with van der Waals surface area (Å²) >= 11 is 0. The van der Waals surface area contributed by atoms with E-state index in [1.54, 1.807) is 0 Å². The van der Waals surface area contributed by atoms with Crippen molar-refractivity contribution in [1.29, 1.82) is 0 Å². The van der Waals surface area contributed by atoms with E-state index >= 15 is 0 Å². The first-order valence-electron chi connectivity index (χ1n) is 7.64. The lowest BCUT2D eigenvalue weighted by molar-refractivity contribution is -0.196. The van der Waals surface area contributed by atoms with Gasteiger partial charge >= 0.3 is 5.97 Å². The molecule has 5 heteroatoms. The molecular formula is C15H24O5. The fourth-order valence-corrected chi connectivity index (χ4v) is 4.08. The zero-order chi connectivity index (χ0) is 14.4. The number of carbonyl (C=O) groups excluding carboxylic acids is 1. The molecule has 114 valence electrons. The second-order valence-electron chi connectivity index (χ2n) is 6.62. The van der Waals surface area contributed by atoms with Gasteiger partial charge in [-0.25, -0.2) is 4.79 Å². The van der Waals surface area contributed by atoms with E-state index in [0.717, 1.165) is 25.7 Å². The van der Waals surface area contributed by atoms with Crippen LogP contribution in [0.3, 0.4) is 0 Å². The number of esters is 1. The van der Waals surface area contributed by atoms with Gasteiger partial charge in [0.1, 0.15) is 0 Å². The molecule has 0 aromatic carbocycles. The Morgan fingerprint density at radius 1 is 1.20 bits per heavy atom. The fraction of sp³-hybridized carbons (Fsp3) is 0.933. The maximum atomic E-state index is 11.8. The first-order valence-corrected chi connectivity index (χ1v) is 7.64. The van der Waals surface area contributed by atoms with Crippen LogP contribution in [0, 0.1) is 5.92 Å². The zero-order valence-corrected chi connectivity index (χ0v) is 12.3. The Hall–Kier alpha value is -0.650. The number of methoxy groups -OCH3 is 1. The Kier molecular flexibility index (Phi) is 3.55. The summed E-state index contributed by atoms with van der Waals surface area (Å²) in [5, 5.41) is 10.5. The van der Waals surface area contributed by atoms with Crippen LogP contribution >= 0.6 is 0 Å². The highest BCUT2D eigenvalue weighted by Gasteiger charge is 2.57. The summed E-state index contributed by atoms with van der Waals surface area (Å²) in [6.45, 7) is 2.01. The third kappa shape index (κ3) is 2.26. The smallest absolute Gasteiger partial charge is 0.337 e. The second kappa shape index (κ2) is 4.97. The van der Waals surface area contributed by atoms with Gasteiger partial charge in [0.15, 0.2) is 11.4 Å². The zero-order valence-electron chi connectivity index (χ0n) is 12.3. The molecule has 2 aliphatic carbocycles. The number of ether oxygens (including phenoxy) is 3. The van der Waals surface area contributed by atoms with Crippen LogP contribution < -0.4 is 0 Å². The van der Waals surface area contributed by atoms with Crippen LogP contribution in [0.4, 0.5) is 0 Å². The number of carbonyl (C=O) groups is 1. The van der Waals surface area contributed by atoms with Crippen molar-refractivity contribution in [2.45, 2.75) is 75.5 Å². The molecule has 1 N–H and O–H groups in total. The lowest BCUT2D eigenvalue weighted by atomic mass is 9.75. The number of fused-ring (bicyclic) bond motifs is 1. The van der Waals surface area contributed by atoms with Gasteiger partial charge in [-0.1, -0.05) is 13.3 Å². The summed E-state index contributed by atoms with van der Waals surface area (Å²) in [5.41, 5.74) is -1.43. The van der Waals surface area contributed by atoms with Gasteiger partial charge in [-0.15, -0.1) is 0 Å². The Morgan fingerprint density at radius 3 is 2.55 bits per heavy atom. The predicted molar refractivity (Wildman–Crippen MR) is 70.9 cm³/mol. The molecule has 1 saturated heterocycles. The van der Waals surface area contributed by atoms with Gasteiger partial charge in [0, 0.05) is 19.3 Å². The van der Waals surface area contributed by atoms with Gasteiger partial charge in [0.25, 0.3) is 0 Å². The highest BCUT2D eigenvalue weighted by atomic mass is 16.8. The molecule has 0 bridgehead atoms. The summed E-state index contributed by atoms with van der Waals surface area (Å²) < 4.78 is 17.1. The molecular weight excluding hydrogens is 260 g/mol. The number of hydrogen-bond donors (Lipinski definition) is 1. The number of aliphatic hydroxyl groups is 1. The van der Waals surface area contributed by atoms with Crippen LogP contribution in [0.25, 0.3) is 0 Å². The molecule has 3 fully saturated rings. The molecule has 2 saturated carbocycles. The van der Waals surface area contributed by atoms with E-state index in [2.05, 4.69) is 0 Å². The molecule has 4 atom stereocenters. The van der Waals surface area contributed by atoms with Crippen LogP contribution in [0.1, 0.15) is 51.9 Å². The van der Waals surface area contributed by atoms with Gasteiger partial charge in [-0.05, 0) is 25.2 Å². The highest BCUT2D eigenvalue weighted by molar-refractivity contribution is 5.79. The van der Waals surface area contributed by atoms with Crippen molar-refractivity contribution in [2.75, 3.05) is 7.11 Å². The van der Waals surface area contributed by atoms with Crippen LogP contribution in [0.15, 0.2) is 0 Å². The summed E-state index contributed by atoms with van der Waals surface area (Å²) in [7, 11) is 1.31. The van der Waals surface area contributed by atoms with Crippen molar-refractivity contribution in [3.8, 4) is 0 Å². The third-order valence-corrected chi connectivity index (χ3v) is 5.02. The fourth-order valence-electron chi connectivity index (χ4n) is 4.08. The predicted octanol–water partition coefficient (Wildman–Crippen LogP) is 1.76. The molecule has 0 aromatic rings. The Morgan fingerprint density at radius 2 is 1.90 bits per heavy atom. The van der Waals surface area contributed by atoms with E-state index in [4.69, 9.17) is 14.2 Å².